The summed E-state index contributed by atoms with van der Waals surface area (Å²) in [6, 6.07) is 5.49. The van der Waals surface area contributed by atoms with Crippen LogP contribution in [0.5, 0.6) is 0 Å². The van der Waals surface area contributed by atoms with Crippen LogP contribution in [0, 0.1) is 12.7 Å². The van der Waals surface area contributed by atoms with Crippen molar-refractivity contribution in [3.63, 3.8) is 0 Å². The molecule has 0 saturated heterocycles. The van der Waals surface area contributed by atoms with Gasteiger partial charge in [-0.25, -0.2) is 9.37 Å². The molecule has 0 bridgehead atoms. The van der Waals surface area contributed by atoms with Crippen LogP contribution in [0.25, 0.3) is 0 Å². The van der Waals surface area contributed by atoms with E-state index in [1.165, 1.54) is 24.3 Å². The molecule has 5 heteroatoms. The van der Waals surface area contributed by atoms with E-state index < -0.39 is 0 Å². The molecular weight excluding hydrogens is 251 g/mol. The number of benzene rings is 1. The van der Waals surface area contributed by atoms with Gasteiger partial charge in [0.15, 0.2) is 0 Å². The Labute approximate surface area is 109 Å². The Balaban J connectivity index is 1.83. The second-order valence-corrected chi connectivity index (χ2v) is 5.20. The molecule has 94 valence electrons. The first-order chi connectivity index (χ1) is 8.65. The van der Waals surface area contributed by atoms with Crippen LogP contribution in [0.1, 0.15) is 20.2 Å². The lowest BCUT2D eigenvalue weighted by molar-refractivity contribution is 0.0954. The van der Waals surface area contributed by atoms with Crippen LogP contribution in [0.15, 0.2) is 30.5 Å². The number of thiazole rings is 1. The molecule has 2 rings (SSSR count). The van der Waals surface area contributed by atoms with E-state index in [2.05, 4.69) is 10.3 Å². The molecule has 0 aliphatic heterocycles. The summed E-state index contributed by atoms with van der Waals surface area (Å²) in [4.78, 5) is 17.1. The van der Waals surface area contributed by atoms with Gasteiger partial charge in [-0.15, -0.1) is 11.3 Å². The van der Waals surface area contributed by atoms with Gasteiger partial charge in [0, 0.05) is 29.6 Å². The molecule has 0 saturated carbocycles. The number of halogens is 1. The van der Waals surface area contributed by atoms with Crippen molar-refractivity contribution in [1.29, 1.82) is 0 Å². The zero-order valence-corrected chi connectivity index (χ0v) is 10.8. The molecule has 2 aromatic rings. The predicted molar refractivity (Wildman–Crippen MR) is 69.3 cm³/mol. The first kappa shape index (κ1) is 12.7. The number of hydrogen-bond acceptors (Lipinski definition) is 3. The summed E-state index contributed by atoms with van der Waals surface area (Å²) in [5.41, 5.74) is 0.465. The SMILES string of the molecule is Cc1cnc(CCNC(=O)c2ccc(F)cc2)s1. The fourth-order valence-corrected chi connectivity index (χ4v) is 2.29. The second-order valence-electron chi connectivity index (χ2n) is 3.88. The van der Waals surface area contributed by atoms with E-state index in [0.717, 1.165) is 9.88 Å². The summed E-state index contributed by atoms with van der Waals surface area (Å²) in [5.74, 6) is -0.534. The van der Waals surface area contributed by atoms with Crippen molar-refractivity contribution < 1.29 is 9.18 Å². The van der Waals surface area contributed by atoms with E-state index >= 15 is 0 Å². The van der Waals surface area contributed by atoms with E-state index in [4.69, 9.17) is 0 Å². The van der Waals surface area contributed by atoms with E-state index in [1.54, 1.807) is 11.3 Å². The van der Waals surface area contributed by atoms with Crippen LogP contribution in [-0.2, 0) is 6.42 Å². The van der Waals surface area contributed by atoms with Crippen LogP contribution < -0.4 is 5.32 Å². The van der Waals surface area contributed by atoms with Gasteiger partial charge in [-0.2, -0.15) is 0 Å². The first-order valence-electron chi connectivity index (χ1n) is 5.60. The lowest BCUT2D eigenvalue weighted by atomic mass is 10.2. The molecule has 0 spiro atoms. The van der Waals surface area contributed by atoms with Gasteiger partial charge in [-0.1, -0.05) is 0 Å². The zero-order valence-electron chi connectivity index (χ0n) is 9.94. The molecule has 0 aliphatic rings. The van der Waals surface area contributed by atoms with Crippen molar-refractivity contribution in [3.8, 4) is 0 Å². The average Bonchev–Trinajstić information content (AvgIpc) is 2.76. The molecule has 3 nitrogen and oxygen atoms in total. The summed E-state index contributed by atoms with van der Waals surface area (Å²) < 4.78 is 12.7. The third-order valence-electron chi connectivity index (χ3n) is 2.40. The van der Waals surface area contributed by atoms with Gasteiger partial charge in [-0.05, 0) is 31.2 Å². The van der Waals surface area contributed by atoms with Gasteiger partial charge in [0.25, 0.3) is 5.91 Å². The molecule has 0 radical (unpaired) electrons. The molecule has 18 heavy (non-hydrogen) atoms. The first-order valence-corrected chi connectivity index (χ1v) is 6.42. The summed E-state index contributed by atoms with van der Waals surface area (Å²) >= 11 is 1.63. The van der Waals surface area contributed by atoms with E-state index in [9.17, 15) is 9.18 Å². The van der Waals surface area contributed by atoms with E-state index in [1.807, 2.05) is 13.1 Å². The molecule has 0 atom stereocenters. The molecular formula is C13H13FN2OS. The topological polar surface area (TPSA) is 42.0 Å². The maximum Gasteiger partial charge on any atom is 0.251 e. The number of aryl methyl sites for hydroxylation is 1. The number of amides is 1. The molecule has 0 unspecified atom stereocenters. The number of rotatable bonds is 4. The fourth-order valence-electron chi connectivity index (χ4n) is 1.50. The molecule has 0 fully saturated rings. The average molecular weight is 264 g/mol. The zero-order chi connectivity index (χ0) is 13.0. The predicted octanol–water partition coefficient (Wildman–Crippen LogP) is 2.56. The fraction of sp³-hybridized carbons (Fsp3) is 0.231. The van der Waals surface area contributed by atoms with Crippen LogP contribution in [0.4, 0.5) is 4.39 Å². The van der Waals surface area contributed by atoms with Crippen LogP contribution >= 0.6 is 11.3 Å². The molecule has 1 heterocycles. The number of nitrogens with one attached hydrogen (secondary N) is 1. The largest absolute Gasteiger partial charge is 0.352 e. The second kappa shape index (κ2) is 5.73. The van der Waals surface area contributed by atoms with Crippen molar-refractivity contribution in [2.75, 3.05) is 6.54 Å². The van der Waals surface area contributed by atoms with Gasteiger partial charge < -0.3 is 5.32 Å². The number of hydrogen-bond donors (Lipinski definition) is 1. The maximum atomic E-state index is 12.7. The van der Waals surface area contributed by atoms with E-state index in [0.29, 0.717) is 18.5 Å². The van der Waals surface area contributed by atoms with Crippen molar-refractivity contribution in [2.45, 2.75) is 13.3 Å². The Kier molecular flexibility index (Phi) is 4.04. The molecule has 1 aromatic carbocycles. The smallest absolute Gasteiger partial charge is 0.251 e. The summed E-state index contributed by atoms with van der Waals surface area (Å²) in [6.07, 6.45) is 2.53. The highest BCUT2D eigenvalue weighted by molar-refractivity contribution is 7.11. The monoisotopic (exact) mass is 264 g/mol. The highest BCUT2D eigenvalue weighted by Crippen LogP contribution is 2.11. The number of nitrogens with zero attached hydrogens (tertiary/aromatic N) is 1. The Morgan fingerprint density at radius 2 is 2.11 bits per heavy atom. The Bertz CT molecular complexity index is 536. The van der Waals surface area contributed by atoms with Gasteiger partial charge in [0.1, 0.15) is 5.82 Å². The third-order valence-corrected chi connectivity index (χ3v) is 3.37. The summed E-state index contributed by atoms with van der Waals surface area (Å²) in [7, 11) is 0. The minimum atomic E-state index is -0.343. The normalized spacial score (nSPS) is 10.3. The van der Waals surface area contributed by atoms with Crippen molar-refractivity contribution >= 4 is 17.2 Å². The van der Waals surface area contributed by atoms with Crippen molar-refractivity contribution in [3.05, 3.63) is 51.7 Å². The molecule has 1 N–H and O–H groups in total. The van der Waals surface area contributed by atoms with Crippen LogP contribution in [-0.4, -0.2) is 17.4 Å². The quantitative estimate of drug-likeness (QED) is 0.922. The lowest BCUT2D eigenvalue weighted by Crippen LogP contribution is -2.25. The van der Waals surface area contributed by atoms with Gasteiger partial charge in [0.2, 0.25) is 0 Å². The van der Waals surface area contributed by atoms with Gasteiger partial charge in [-0.3, -0.25) is 4.79 Å². The highest BCUT2D eigenvalue weighted by atomic mass is 32.1. The molecule has 1 amide bonds. The third kappa shape index (κ3) is 3.37. The summed E-state index contributed by atoms with van der Waals surface area (Å²) in [5, 5.41) is 3.79. The highest BCUT2D eigenvalue weighted by Gasteiger charge is 2.05. The van der Waals surface area contributed by atoms with Crippen LogP contribution in [0.3, 0.4) is 0 Å². The van der Waals surface area contributed by atoms with Gasteiger partial charge >= 0.3 is 0 Å². The number of aromatic nitrogens is 1. The van der Waals surface area contributed by atoms with Crippen molar-refractivity contribution in [1.82, 2.24) is 10.3 Å². The minimum absolute atomic E-state index is 0.191. The van der Waals surface area contributed by atoms with E-state index in [-0.39, 0.29) is 11.7 Å². The van der Waals surface area contributed by atoms with Crippen molar-refractivity contribution in [2.24, 2.45) is 0 Å². The molecule has 0 aliphatic carbocycles. The molecule has 1 aromatic heterocycles. The Morgan fingerprint density at radius 1 is 1.39 bits per heavy atom. The minimum Gasteiger partial charge on any atom is -0.352 e. The van der Waals surface area contributed by atoms with Gasteiger partial charge in [0.05, 0.1) is 5.01 Å². The number of carbonyl (C=O) groups excluding carboxylic acids is 1. The van der Waals surface area contributed by atoms with Crippen LogP contribution in [0.2, 0.25) is 0 Å². The standard InChI is InChI=1S/C13H13FN2OS/c1-9-8-16-12(18-9)6-7-15-13(17)10-2-4-11(14)5-3-10/h2-5,8H,6-7H2,1H3,(H,15,17). The lowest BCUT2D eigenvalue weighted by Gasteiger charge is -2.03. The number of carbonyl (C=O) groups is 1. The maximum absolute atomic E-state index is 12.7. The summed E-state index contributed by atoms with van der Waals surface area (Å²) in [6.45, 7) is 2.53. The Hall–Kier alpha value is -1.75. The Morgan fingerprint density at radius 3 is 2.72 bits per heavy atom.